The van der Waals surface area contributed by atoms with E-state index in [4.69, 9.17) is 0 Å². The van der Waals surface area contributed by atoms with Gasteiger partial charge in [0.05, 0.1) is 12.0 Å². The van der Waals surface area contributed by atoms with Crippen LogP contribution in [0.4, 0.5) is 5.69 Å². The lowest BCUT2D eigenvalue weighted by Crippen LogP contribution is -2.11. The first-order valence-electron chi connectivity index (χ1n) is 6.61. The quantitative estimate of drug-likeness (QED) is 0.871. The Labute approximate surface area is 114 Å². The van der Waals surface area contributed by atoms with Gasteiger partial charge in [0.25, 0.3) is 0 Å². The average molecular weight is 250 g/mol. The molecule has 2 nitrogen and oxygen atoms in total. The van der Waals surface area contributed by atoms with Gasteiger partial charge < -0.3 is 5.32 Å². The maximum atomic E-state index is 9.25. The first-order valence-corrected chi connectivity index (χ1v) is 6.61. The van der Waals surface area contributed by atoms with E-state index in [1.807, 2.05) is 30.3 Å². The van der Waals surface area contributed by atoms with E-state index in [1.165, 1.54) is 5.56 Å². The standard InChI is InChI=1S/C17H18N2/c1-2-14-8-10-17(11-9-14)19-13-16(12-18)15-6-4-3-5-7-15/h3-11,16,19H,2,13H2,1H3. The molecule has 2 rings (SSSR count). The Morgan fingerprint density at radius 3 is 2.32 bits per heavy atom. The molecule has 1 unspecified atom stereocenters. The predicted octanol–water partition coefficient (Wildman–Crippen LogP) is 3.97. The van der Waals surface area contributed by atoms with Crippen LogP contribution in [0.1, 0.15) is 24.0 Å². The van der Waals surface area contributed by atoms with Crippen molar-refractivity contribution >= 4 is 5.69 Å². The highest BCUT2D eigenvalue weighted by Gasteiger charge is 2.09. The molecule has 0 radical (unpaired) electrons. The second kappa shape index (κ2) is 6.61. The van der Waals surface area contributed by atoms with Gasteiger partial charge >= 0.3 is 0 Å². The Morgan fingerprint density at radius 2 is 1.74 bits per heavy atom. The van der Waals surface area contributed by atoms with E-state index in [2.05, 4.69) is 42.6 Å². The maximum Gasteiger partial charge on any atom is 0.0885 e. The van der Waals surface area contributed by atoms with Crippen molar-refractivity contribution in [3.63, 3.8) is 0 Å². The van der Waals surface area contributed by atoms with E-state index in [1.54, 1.807) is 0 Å². The molecule has 96 valence electrons. The summed E-state index contributed by atoms with van der Waals surface area (Å²) in [6.07, 6.45) is 1.05. The predicted molar refractivity (Wildman–Crippen MR) is 79.1 cm³/mol. The summed E-state index contributed by atoms with van der Waals surface area (Å²) in [5.74, 6) is -0.118. The summed E-state index contributed by atoms with van der Waals surface area (Å²) < 4.78 is 0. The molecule has 0 aliphatic heterocycles. The molecule has 0 aliphatic rings. The highest BCUT2D eigenvalue weighted by molar-refractivity contribution is 5.45. The number of anilines is 1. The number of rotatable bonds is 5. The van der Waals surface area contributed by atoms with Crippen molar-refractivity contribution < 1.29 is 0 Å². The van der Waals surface area contributed by atoms with Crippen LogP contribution in [0.5, 0.6) is 0 Å². The van der Waals surface area contributed by atoms with Gasteiger partial charge in [-0.25, -0.2) is 0 Å². The number of benzene rings is 2. The van der Waals surface area contributed by atoms with Crippen molar-refractivity contribution in [1.82, 2.24) is 0 Å². The van der Waals surface area contributed by atoms with Crippen LogP contribution in [-0.4, -0.2) is 6.54 Å². The lowest BCUT2D eigenvalue weighted by molar-refractivity contribution is 0.900. The van der Waals surface area contributed by atoms with Crippen LogP contribution in [0.3, 0.4) is 0 Å². The number of nitrogens with one attached hydrogen (secondary N) is 1. The third-order valence-corrected chi connectivity index (χ3v) is 3.23. The number of hydrogen-bond donors (Lipinski definition) is 1. The average Bonchev–Trinajstić information content (AvgIpc) is 2.49. The second-order valence-electron chi connectivity index (χ2n) is 4.52. The zero-order valence-electron chi connectivity index (χ0n) is 11.1. The van der Waals surface area contributed by atoms with Gasteiger partial charge in [0, 0.05) is 12.2 Å². The van der Waals surface area contributed by atoms with Crippen LogP contribution in [-0.2, 0) is 6.42 Å². The fourth-order valence-corrected chi connectivity index (χ4v) is 2.00. The molecule has 0 aliphatic carbocycles. The minimum atomic E-state index is -0.118. The molecule has 0 spiro atoms. The zero-order chi connectivity index (χ0) is 13.5. The Balaban J connectivity index is 1.98. The van der Waals surface area contributed by atoms with Crippen molar-refractivity contribution in [2.45, 2.75) is 19.3 Å². The summed E-state index contributed by atoms with van der Waals surface area (Å²) in [4.78, 5) is 0. The first-order chi connectivity index (χ1) is 9.33. The van der Waals surface area contributed by atoms with Crippen LogP contribution in [0.25, 0.3) is 0 Å². The normalized spacial score (nSPS) is 11.6. The van der Waals surface area contributed by atoms with E-state index in [-0.39, 0.29) is 5.92 Å². The molecule has 2 heteroatoms. The molecule has 2 aromatic rings. The van der Waals surface area contributed by atoms with Crippen molar-refractivity contribution in [3.8, 4) is 6.07 Å². The monoisotopic (exact) mass is 250 g/mol. The number of aryl methyl sites for hydroxylation is 1. The van der Waals surface area contributed by atoms with Gasteiger partial charge in [-0.1, -0.05) is 49.4 Å². The highest BCUT2D eigenvalue weighted by atomic mass is 14.9. The molecule has 0 heterocycles. The van der Waals surface area contributed by atoms with Crippen LogP contribution >= 0.6 is 0 Å². The molecule has 0 aromatic heterocycles. The topological polar surface area (TPSA) is 35.8 Å². The van der Waals surface area contributed by atoms with Gasteiger partial charge in [-0.15, -0.1) is 0 Å². The zero-order valence-corrected chi connectivity index (χ0v) is 11.1. The third kappa shape index (κ3) is 3.59. The van der Waals surface area contributed by atoms with Crippen molar-refractivity contribution in [1.29, 1.82) is 5.26 Å². The Kier molecular flexibility index (Phi) is 4.58. The van der Waals surface area contributed by atoms with Crippen LogP contribution < -0.4 is 5.32 Å². The molecule has 0 fully saturated rings. The number of nitrogens with zero attached hydrogens (tertiary/aromatic N) is 1. The van der Waals surface area contributed by atoms with Crippen molar-refractivity contribution in [3.05, 3.63) is 65.7 Å². The lowest BCUT2D eigenvalue weighted by atomic mass is 10.0. The van der Waals surface area contributed by atoms with Gasteiger partial charge in [-0.2, -0.15) is 5.26 Å². The van der Waals surface area contributed by atoms with Crippen molar-refractivity contribution in [2.24, 2.45) is 0 Å². The number of nitriles is 1. The second-order valence-corrected chi connectivity index (χ2v) is 4.52. The summed E-state index contributed by atoms with van der Waals surface area (Å²) in [6.45, 7) is 2.77. The van der Waals surface area contributed by atoms with Crippen LogP contribution in [0.15, 0.2) is 54.6 Å². The SMILES string of the molecule is CCc1ccc(NCC(C#N)c2ccccc2)cc1. The van der Waals surface area contributed by atoms with Gasteiger partial charge in [0.2, 0.25) is 0 Å². The Morgan fingerprint density at radius 1 is 1.05 bits per heavy atom. The van der Waals surface area contributed by atoms with Crippen molar-refractivity contribution in [2.75, 3.05) is 11.9 Å². The van der Waals surface area contributed by atoms with E-state index in [0.717, 1.165) is 17.7 Å². The Hall–Kier alpha value is -2.27. The van der Waals surface area contributed by atoms with E-state index in [9.17, 15) is 5.26 Å². The third-order valence-electron chi connectivity index (χ3n) is 3.23. The molecule has 0 amide bonds. The largest absolute Gasteiger partial charge is 0.383 e. The fraction of sp³-hybridized carbons (Fsp3) is 0.235. The summed E-state index contributed by atoms with van der Waals surface area (Å²) in [6, 6.07) is 20.6. The van der Waals surface area contributed by atoms with Crippen LogP contribution in [0.2, 0.25) is 0 Å². The molecule has 19 heavy (non-hydrogen) atoms. The molecule has 1 atom stereocenters. The van der Waals surface area contributed by atoms with Crippen LogP contribution in [0, 0.1) is 11.3 Å². The van der Waals surface area contributed by atoms with E-state index in [0.29, 0.717) is 6.54 Å². The molecule has 0 bridgehead atoms. The molecule has 2 aromatic carbocycles. The van der Waals surface area contributed by atoms with E-state index < -0.39 is 0 Å². The van der Waals surface area contributed by atoms with Gasteiger partial charge in [-0.3, -0.25) is 0 Å². The van der Waals surface area contributed by atoms with E-state index >= 15 is 0 Å². The van der Waals surface area contributed by atoms with Gasteiger partial charge in [-0.05, 0) is 29.7 Å². The minimum absolute atomic E-state index is 0.118. The molecule has 1 N–H and O–H groups in total. The number of hydrogen-bond acceptors (Lipinski definition) is 2. The smallest absolute Gasteiger partial charge is 0.0885 e. The minimum Gasteiger partial charge on any atom is -0.383 e. The highest BCUT2D eigenvalue weighted by Crippen LogP contribution is 2.16. The molecular formula is C17H18N2. The molecular weight excluding hydrogens is 232 g/mol. The maximum absolute atomic E-state index is 9.25. The summed E-state index contributed by atoms with van der Waals surface area (Å²) in [5, 5.41) is 12.6. The van der Waals surface area contributed by atoms with Gasteiger partial charge in [0.1, 0.15) is 0 Å². The Bertz CT molecular complexity index is 538. The lowest BCUT2D eigenvalue weighted by Gasteiger charge is -2.12. The molecule has 0 saturated heterocycles. The van der Waals surface area contributed by atoms with Gasteiger partial charge in [0.15, 0.2) is 0 Å². The molecule has 0 saturated carbocycles. The fourth-order valence-electron chi connectivity index (χ4n) is 2.00. The summed E-state index contributed by atoms with van der Waals surface area (Å²) in [5.41, 5.74) is 3.45. The first kappa shape index (κ1) is 13.2. The summed E-state index contributed by atoms with van der Waals surface area (Å²) in [7, 11) is 0. The summed E-state index contributed by atoms with van der Waals surface area (Å²) >= 11 is 0.